The number of rotatable bonds is 4. The molecule has 1 heterocycles. The summed E-state index contributed by atoms with van der Waals surface area (Å²) in [5.41, 5.74) is 1.55. The number of anilines is 1. The predicted octanol–water partition coefficient (Wildman–Crippen LogP) is 4.35. The Morgan fingerprint density at radius 3 is 2.50 bits per heavy atom. The van der Waals surface area contributed by atoms with Crippen LogP contribution in [0.5, 0.6) is 0 Å². The minimum absolute atomic E-state index is 0.0157. The molecule has 10 heteroatoms. The van der Waals surface area contributed by atoms with Crippen molar-refractivity contribution in [3.8, 4) is 17.5 Å². The summed E-state index contributed by atoms with van der Waals surface area (Å²) in [6.07, 6.45) is -3.38. The third-order valence-corrected chi connectivity index (χ3v) is 4.84. The molecule has 0 amide bonds. The minimum Gasteiger partial charge on any atom is -0.278 e. The molecule has 0 aliphatic heterocycles. The number of halogens is 3. The van der Waals surface area contributed by atoms with Gasteiger partial charge in [-0.05, 0) is 50.1 Å². The van der Waals surface area contributed by atoms with E-state index in [9.17, 15) is 22.8 Å². The van der Waals surface area contributed by atoms with E-state index in [-0.39, 0.29) is 23.5 Å². The molecule has 2 aromatic carbocycles. The van der Waals surface area contributed by atoms with Crippen molar-refractivity contribution in [3.05, 3.63) is 97.6 Å². The van der Waals surface area contributed by atoms with E-state index in [0.29, 0.717) is 11.4 Å². The van der Waals surface area contributed by atoms with Gasteiger partial charge in [0.05, 0.1) is 29.7 Å². The zero-order valence-electron chi connectivity index (χ0n) is 18.1. The third kappa shape index (κ3) is 5.08. The fourth-order valence-electron chi connectivity index (χ4n) is 3.15. The van der Waals surface area contributed by atoms with Gasteiger partial charge in [-0.15, -0.1) is 0 Å². The standard InChI is InChI=1S/C24H18F3N5O2/c1-4-31-22(33)21(9-6-14-29-30-19-12-10-18(28-3)11-13-19)16(2)32(23(31)34)20-8-5-7-17(15-20)24(25,26)27/h5,7-8,10-15,30H,4H2,1-2H3/b29-14-. The van der Waals surface area contributed by atoms with Crippen molar-refractivity contribution >= 4 is 17.6 Å². The zero-order valence-corrected chi connectivity index (χ0v) is 18.1. The molecule has 0 saturated heterocycles. The van der Waals surface area contributed by atoms with E-state index in [0.717, 1.165) is 21.3 Å². The number of alkyl halides is 3. The van der Waals surface area contributed by atoms with E-state index in [2.05, 4.69) is 27.2 Å². The normalized spacial score (nSPS) is 11.1. The van der Waals surface area contributed by atoms with Crippen LogP contribution in [0.3, 0.4) is 0 Å². The molecule has 0 spiro atoms. The highest BCUT2D eigenvalue weighted by Gasteiger charge is 2.31. The van der Waals surface area contributed by atoms with E-state index in [4.69, 9.17) is 6.57 Å². The van der Waals surface area contributed by atoms with Gasteiger partial charge in [0, 0.05) is 12.2 Å². The number of hydrogen-bond donors (Lipinski definition) is 1. The Bertz CT molecular complexity index is 1460. The molecule has 0 aliphatic carbocycles. The minimum atomic E-state index is -4.59. The summed E-state index contributed by atoms with van der Waals surface area (Å²) in [6.45, 7) is 9.97. The lowest BCUT2D eigenvalue weighted by atomic mass is 10.1. The summed E-state index contributed by atoms with van der Waals surface area (Å²) in [7, 11) is 0. The first kappa shape index (κ1) is 24.1. The topological polar surface area (TPSA) is 72.8 Å². The Morgan fingerprint density at radius 2 is 1.88 bits per heavy atom. The van der Waals surface area contributed by atoms with Gasteiger partial charge in [-0.25, -0.2) is 9.64 Å². The molecular weight excluding hydrogens is 447 g/mol. The van der Waals surface area contributed by atoms with Gasteiger partial charge in [0.15, 0.2) is 5.69 Å². The van der Waals surface area contributed by atoms with Crippen LogP contribution in [0.25, 0.3) is 10.5 Å². The fraction of sp³-hybridized carbons (Fsp3) is 0.167. The molecule has 0 bridgehead atoms. The monoisotopic (exact) mass is 465 g/mol. The third-order valence-electron chi connectivity index (χ3n) is 4.84. The van der Waals surface area contributed by atoms with Gasteiger partial charge in [-0.1, -0.05) is 24.1 Å². The first-order chi connectivity index (χ1) is 16.2. The van der Waals surface area contributed by atoms with Crippen LogP contribution < -0.4 is 16.7 Å². The second-order valence-corrected chi connectivity index (χ2v) is 6.97. The molecule has 34 heavy (non-hydrogen) atoms. The van der Waals surface area contributed by atoms with Crippen LogP contribution in [0.2, 0.25) is 0 Å². The molecule has 0 radical (unpaired) electrons. The van der Waals surface area contributed by atoms with Crippen LogP contribution in [0.1, 0.15) is 23.7 Å². The maximum atomic E-state index is 13.2. The van der Waals surface area contributed by atoms with Gasteiger partial charge in [-0.3, -0.25) is 19.4 Å². The summed E-state index contributed by atoms with van der Waals surface area (Å²) in [5, 5.41) is 3.92. The van der Waals surface area contributed by atoms with Gasteiger partial charge in [0.1, 0.15) is 5.56 Å². The van der Waals surface area contributed by atoms with Gasteiger partial charge in [-0.2, -0.15) is 18.3 Å². The first-order valence-electron chi connectivity index (χ1n) is 9.98. The van der Waals surface area contributed by atoms with E-state index < -0.39 is 23.0 Å². The highest BCUT2D eigenvalue weighted by molar-refractivity contribution is 5.80. The molecule has 7 nitrogen and oxygen atoms in total. The number of hydrogen-bond acceptors (Lipinski definition) is 4. The average molecular weight is 465 g/mol. The number of hydrazone groups is 1. The quantitative estimate of drug-likeness (QED) is 0.270. The molecular formula is C24H18F3N5O2. The smallest absolute Gasteiger partial charge is 0.278 e. The van der Waals surface area contributed by atoms with Crippen LogP contribution in [0.15, 0.2) is 63.2 Å². The second-order valence-electron chi connectivity index (χ2n) is 6.97. The Morgan fingerprint density at radius 1 is 1.18 bits per heavy atom. The first-order valence-corrected chi connectivity index (χ1v) is 9.98. The lowest BCUT2D eigenvalue weighted by Crippen LogP contribution is -2.41. The van der Waals surface area contributed by atoms with Gasteiger partial charge in [0.2, 0.25) is 0 Å². The van der Waals surface area contributed by atoms with Crippen molar-refractivity contribution in [1.29, 1.82) is 0 Å². The van der Waals surface area contributed by atoms with E-state index in [1.807, 2.05) is 0 Å². The number of nitrogens with one attached hydrogen (secondary N) is 1. The second kappa shape index (κ2) is 9.92. The maximum absolute atomic E-state index is 13.2. The number of benzene rings is 2. The van der Waals surface area contributed by atoms with Crippen LogP contribution in [0.4, 0.5) is 24.5 Å². The predicted molar refractivity (Wildman–Crippen MR) is 123 cm³/mol. The molecule has 0 fully saturated rings. The van der Waals surface area contributed by atoms with Crippen molar-refractivity contribution in [1.82, 2.24) is 9.13 Å². The largest absolute Gasteiger partial charge is 0.416 e. The highest BCUT2D eigenvalue weighted by Crippen LogP contribution is 2.30. The molecule has 0 saturated carbocycles. The summed E-state index contributed by atoms with van der Waals surface area (Å²) in [4.78, 5) is 28.9. The lowest BCUT2D eigenvalue weighted by molar-refractivity contribution is -0.137. The van der Waals surface area contributed by atoms with E-state index >= 15 is 0 Å². The lowest BCUT2D eigenvalue weighted by Gasteiger charge is -2.16. The molecule has 3 aromatic rings. The number of nitrogens with zero attached hydrogens (tertiary/aromatic N) is 4. The van der Waals surface area contributed by atoms with Gasteiger partial charge < -0.3 is 0 Å². The summed E-state index contributed by atoms with van der Waals surface area (Å²) < 4.78 is 41.5. The van der Waals surface area contributed by atoms with E-state index in [1.54, 1.807) is 31.2 Å². The maximum Gasteiger partial charge on any atom is 0.416 e. The molecule has 0 atom stereocenters. The molecule has 0 unspecified atom stereocenters. The van der Waals surface area contributed by atoms with Crippen molar-refractivity contribution in [2.45, 2.75) is 26.6 Å². The molecule has 0 aliphatic rings. The Kier molecular flexibility index (Phi) is 7.03. The van der Waals surface area contributed by atoms with Crippen molar-refractivity contribution in [3.63, 3.8) is 0 Å². The Hall–Kier alpha value is -4.57. The van der Waals surface area contributed by atoms with Crippen LogP contribution in [-0.4, -0.2) is 15.3 Å². The van der Waals surface area contributed by atoms with E-state index in [1.165, 1.54) is 25.3 Å². The highest BCUT2D eigenvalue weighted by atomic mass is 19.4. The molecule has 1 N–H and O–H groups in total. The molecule has 172 valence electrons. The van der Waals surface area contributed by atoms with Gasteiger partial charge in [0.25, 0.3) is 5.56 Å². The van der Waals surface area contributed by atoms with Crippen LogP contribution >= 0.6 is 0 Å². The van der Waals surface area contributed by atoms with Crippen LogP contribution in [0, 0.1) is 25.3 Å². The fourth-order valence-corrected chi connectivity index (χ4v) is 3.15. The summed E-state index contributed by atoms with van der Waals surface area (Å²) in [5.74, 6) is 5.25. The SMILES string of the molecule is [C-]#[N+]c1ccc(N/N=C\C#Cc2c(C)n(-c3cccc(C(F)(F)F)c3)c(=O)n(CC)c2=O)cc1. The van der Waals surface area contributed by atoms with Crippen molar-refractivity contribution < 1.29 is 13.2 Å². The Balaban J connectivity index is 2.01. The van der Waals surface area contributed by atoms with Crippen molar-refractivity contribution in [2.24, 2.45) is 5.10 Å². The van der Waals surface area contributed by atoms with Gasteiger partial charge >= 0.3 is 11.9 Å². The van der Waals surface area contributed by atoms with Crippen LogP contribution in [-0.2, 0) is 12.7 Å². The molecule has 1 aromatic heterocycles. The number of aromatic nitrogens is 2. The molecule has 3 rings (SSSR count). The van der Waals surface area contributed by atoms with Crippen molar-refractivity contribution in [2.75, 3.05) is 5.43 Å². The summed E-state index contributed by atoms with van der Waals surface area (Å²) in [6, 6.07) is 10.9. The average Bonchev–Trinajstić information content (AvgIpc) is 2.81. The Labute approximate surface area is 192 Å². The zero-order chi connectivity index (χ0) is 24.9. The summed E-state index contributed by atoms with van der Waals surface area (Å²) >= 11 is 0.